The van der Waals surface area contributed by atoms with E-state index in [-0.39, 0.29) is 12.0 Å². The van der Waals surface area contributed by atoms with Crippen LogP contribution in [-0.2, 0) is 17.8 Å². The fourth-order valence-electron chi connectivity index (χ4n) is 3.01. The second-order valence-corrected chi connectivity index (χ2v) is 6.39. The van der Waals surface area contributed by atoms with Crippen LogP contribution in [0, 0.1) is 13.8 Å². The van der Waals surface area contributed by atoms with E-state index >= 15 is 0 Å². The highest BCUT2D eigenvalue weighted by atomic mass is 16.5. The summed E-state index contributed by atoms with van der Waals surface area (Å²) in [7, 11) is 1.85. The molecule has 1 heterocycles. The van der Waals surface area contributed by atoms with E-state index in [0.29, 0.717) is 13.2 Å². The van der Waals surface area contributed by atoms with Gasteiger partial charge in [0.05, 0.1) is 12.7 Å². The highest BCUT2D eigenvalue weighted by Gasteiger charge is 2.22. The van der Waals surface area contributed by atoms with Gasteiger partial charge in [0.15, 0.2) is 0 Å². The molecule has 2 aromatic carbocycles. The first-order valence-corrected chi connectivity index (χ1v) is 8.05. The number of fused-ring (bicyclic) bond motifs is 1. The Morgan fingerprint density at radius 1 is 1.13 bits per heavy atom. The number of nitrogens with zero attached hydrogens (tertiary/aromatic N) is 1. The standard InChI is InChI=1S/C20H23NO2/c1-14-8-9-17(10-15(14)2)20(22)21(3)12-19-11-16-6-4-5-7-18(16)13-23-19/h4-10,19H,11-13H2,1-3H3. The van der Waals surface area contributed by atoms with Gasteiger partial charge in [-0.15, -0.1) is 0 Å². The van der Waals surface area contributed by atoms with Crippen LogP contribution in [0.5, 0.6) is 0 Å². The Labute approximate surface area is 137 Å². The lowest BCUT2D eigenvalue weighted by molar-refractivity contribution is 0.00985. The molecule has 120 valence electrons. The van der Waals surface area contributed by atoms with Gasteiger partial charge in [-0.25, -0.2) is 0 Å². The first-order valence-electron chi connectivity index (χ1n) is 8.05. The summed E-state index contributed by atoms with van der Waals surface area (Å²) in [6.07, 6.45) is 0.922. The van der Waals surface area contributed by atoms with Crippen LogP contribution in [0.25, 0.3) is 0 Å². The second-order valence-electron chi connectivity index (χ2n) is 6.39. The Morgan fingerprint density at radius 2 is 1.87 bits per heavy atom. The summed E-state index contributed by atoms with van der Waals surface area (Å²) >= 11 is 0. The quantitative estimate of drug-likeness (QED) is 0.868. The molecule has 0 N–H and O–H groups in total. The summed E-state index contributed by atoms with van der Waals surface area (Å²) in [5.74, 6) is 0.0514. The maximum atomic E-state index is 12.6. The van der Waals surface area contributed by atoms with Gasteiger partial charge in [0, 0.05) is 25.6 Å². The molecule has 0 aromatic heterocycles. The van der Waals surface area contributed by atoms with Crippen molar-refractivity contribution in [1.82, 2.24) is 4.90 Å². The van der Waals surface area contributed by atoms with Crippen molar-refractivity contribution in [3.8, 4) is 0 Å². The second kappa shape index (κ2) is 6.55. The first kappa shape index (κ1) is 15.8. The van der Waals surface area contributed by atoms with E-state index in [0.717, 1.165) is 17.5 Å². The average Bonchev–Trinajstić information content (AvgIpc) is 2.56. The number of hydrogen-bond donors (Lipinski definition) is 0. The van der Waals surface area contributed by atoms with Crippen LogP contribution in [0.15, 0.2) is 42.5 Å². The Balaban J connectivity index is 1.66. The highest BCUT2D eigenvalue weighted by molar-refractivity contribution is 5.94. The van der Waals surface area contributed by atoms with Crippen molar-refractivity contribution >= 4 is 5.91 Å². The van der Waals surface area contributed by atoms with E-state index < -0.39 is 0 Å². The smallest absolute Gasteiger partial charge is 0.253 e. The molecule has 2 aromatic rings. The zero-order valence-electron chi connectivity index (χ0n) is 14.0. The van der Waals surface area contributed by atoms with Crippen molar-refractivity contribution in [1.29, 1.82) is 0 Å². The number of carbonyl (C=O) groups is 1. The summed E-state index contributed by atoms with van der Waals surface area (Å²) in [4.78, 5) is 14.4. The molecular weight excluding hydrogens is 286 g/mol. The fourth-order valence-corrected chi connectivity index (χ4v) is 3.01. The summed E-state index contributed by atoms with van der Waals surface area (Å²) in [5, 5.41) is 0. The van der Waals surface area contributed by atoms with Crippen molar-refractivity contribution in [2.24, 2.45) is 0 Å². The molecule has 0 bridgehead atoms. The van der Waals surface area contributed by atoms with E-state index in [1.807, 2.05) is 38.2 Å². The molecule has 3 rings (SSSR count). The van der Waals surface area contributed by atoms with E-state index in [1.54, 1.807) is 4.90 Å². The Kier molecular flexibility index (Phi) is 4.49. The molecule has 1 unspecified atom stereocenters. The van der Waals surface area contributed by atoms with Gasteiger partial charge in [-0.1, -0.05) is 30.3 Å². The largest absolute Gasteiger partial charge is 0.371 e. The van der Waals surface area contributed by atoms with Gasteiger partial charge in [-0.3, -0.25) is 4.79 Å². The van der Waals surface area contributed by atoms with Crippen LogP contribution in [0.2, 0.25) is 0 Å². The molecule has 1 aliphatic rings. The molecule has 1 aliphatic heterocycles. The van der Waals surface area contributed by atoms with Gasteiger partial charge in [0.1, 0.15) is 0 Å². The summed E-state index contributed by atoms with van der Waals surface area (Å²) < 4.78 is 5.91. The first-order chi connectivity index (χ1) is 11.0. The number of aryl methyl sites for hydroxylation is 2. The normalized spacial score (nSPS) is 16.7. The number of rotatable bonds is 3. The third kappa shape index (κ3) is 3.45. The Bertz CT molecular complexity index is 723. The van der Waals surface area contributed by atoms with Crippen LogP contribution in [0.4, 0.5) is 0 Å². The van der Waals surface area contributed by atoms with Crippen molar-refractivity contribution in [2.75, 3.05) is 13.6 Å². The Morgan fingerprint density at radius 3 is 2.61 bits per heavy atom. The third-order valence-electron chi connectivity index (χ3n) is 4.62. The van der Waals surface area contributed by atoms with Gasteiger partial charge in [-0.05, 0) is 48.2 Å². The van der Waals surface area contributed by atoms with Gasteiger partial charge in [0.25, 0.3) is 5.91 Å². The van der Waals surface area contributed by atoms with Crippen molar-refractivity contribution in [3.05, 3.63) is 70.3 Å². The predicted octanol–water partition coefficient (Wildman–Crippen LogP) is 3.52. The fraction of sp³-hybridized carbons (Fsp3) is 0.350. The molecule has 23 heavy (non-hydrogen) atoms. The lowest BCUT2D eigenvalue weighted by Gasteiger charge is -2.29. The van der Waals surface area contributed by atoms with Crippen LogP contribution in [-0.4, -0.2) is 30.5 Å². The van der Waals surface area contributed by atoms with Crippen LogP contribution in [0.3, 0.4) is 0 Å². The summed E-state index contributed by atoms with van der Waals surface area (Å²) in [6, 6.07) is 14.2. The van der Waals surface area contributed by atoms with Crippen LogP contribution >= 0.6 is 0 Å². The number of likely N-dealkylation sites (N-methyl/N-ethyl adjacent to an activating group) is 1. The molecule has 3 heteroatoms. The number of carbonyl (C=O) groups excluding carboxylic acids is 1. The lowest BCUT2D eigenvalue weighted by atomic mass is 9.99. The maximum absolute atomic E-state index is 12.6. The number of hydrogen-bond acceptors (Lipinski definition) is 2. The molecule has 1 atom stereocenters. The third-order valence-corrected chi connectivity index (χ3v) is 4.62. The summed E-state index contributed by atoms with van der Waals surface area (Å²) in [6.45, 7) is 5.33. The minimum Gasteiger partial charge on any atom is -0.371 e. The average molecular weight is 309 g/mol. The number of benzene rings is 2. The molecule has 3 nitrogen and oxygen atoms in total. The molecule has 0 fully saturated rings. The maximum Gasteiger partial charge on any atom is 0.253 e. The molecule has 0 spiro atoms. The topological polar surface area (TPSA) is 29.5 Å². The molecular formula is C20H23NO2. The van der Waals surface area contributed by atoms with E-state index in [4.69, 9.17) is 4.74 Å². The SMILES string of the molecule is Cc1ccc(C(=O)N(C)CC2Cc3ccccc3CO2)cc1C. The van der Waals surface area contributed by atoms with Crippen molar-refractivity contribution < 1.29 is 9.53 Å². The zero-order valence-corrected chi connectivity index (χ0v) is 14.0. The Hall–Kier alpha value is -2.13. The van der Waals surface area contributed by atoms with Gasteiger partial charge < -0.3 is 9.64 Å². The van der Waals surface area contributed by atoms with E-state index in [2.05, 4.69) is 25.1 Å². The van der Waals surface area contributed by atoms with E-state index in [1.165, 1.54) is 16.7 Å². The summed E-state index contributed by atoms with van der Waals surface area (Å²) in [5.41, 5.74) is 5.68. The monoisotopic (exact) mass is 309 g/mol. The van der Waals surface area contributed by atoms with E-state index in [9.17, 15) is 4.79 Å². The van der Waals surface area contributed by atoms with Crippen LogP contribution in [0.1, 0.15) is 32.6 Å². The van der Waals surface area contributed by atoms with Crippen molar-refractivity contribution in [3.63, 3.8) is 0 Å². The molecule has 0 radical (unpaired) electrons. The number of ether oxygens (including phenoxy) is 1. The molecule has 0 saturated carbocycles. The highest BCUT2D eigenvalue weighted by Crippen LogP contribution is 2.21. The van der Waals surface area contributed by atoms with Crippen molar-refractivity contribution in [2.45, 2.75) is 33.0 Å². The molecule has 0 aliphatic carbocycles. The molecule has 1 amide bonds. The van der Waals surface area contributed by atoms with Gasteiger partial charge in [-0.2, -0.15) is 0 Å². The molecule has 0 saturated heterocycles. The van der Waals surface area contributed by atoms with Gasteiger partial charge >= 0.3 is 0 Å². The lowest BCUT2D eigenvalue weighted by Crippen LogP contribution is -2.38. The minimum absolute atomic E-state index is 0.0514. The van der Waals surface area contributed by atoms with Crippen LogP contribution < -0.4 is 0 Å². The van der Waals surface area contributed by atoms with Gasteiger partial charge in [0.2, 0.25) is 0 Å². The predicted molar refractivity (Wildman–Crippen MR) is 91.6 cm³/mol. The minimum atomic E-state index is 0.0514. The number of amides is 1. The zero-order chi connectivity index (χ0) is 16.4.